The molecule has 2 heterocycles. The second-order valence-corrected chi connectivity index (χ2v) is 8.63. The van der Waals surface area contributed by atoms with E-state index in [2.05, 4.69) is 19.9 Å². The molecule has 0 unspecified atom stereocenters. The molecule has 3 aromatic rings. The van der Waals surface area contributed by atoms with Crippen LogP contribution in [0.5, 0.6) is 0 Å². The minimum atomic E-state index is -3.80. The Morgan fingerprint density at radius 2 is 2.07 bits per heavy atom. The van der Waals surface area contributed by atoms with Gasteiger partial charge in [0.2, 0.25) is 10.0 Å². The van der Waals surface area contributed by atoms with Crippen molar-refractivity contribution in [2.75, 3.05) is 0 Å². The number of hydrogen-bond donors (Lipinski definition) is 2. The molecule has 27 heavy (non-hydrogen) atoms. The van der Waals surface area contributed by atoms with E-state index in [0.717, 1.165) is 25.7 Å². The normalized spacial score (nSPS) is 16.2. The highest BCUT2D eigenvalue weighted by Crippen LogP contribution is 2.28. The van der Waals surface area contributed by atoms with Gasteiger partial charge in [0.05, 0.1) is 17.0 Å². The summed E-state index contributed by atoms with van der Waals surface area (Å²) in [5, 5.41) is 8.04. The molecule has 0 radical (unpaired) electrons. The van der Waals surface area contributed by atoms with Gasteiger partial charge < -0.3 is 8.98 Å². The predicted molar refractivity (Wildman–Crippen MR) is 97.7 cm³/mol. The lowest BCUT2D eigenvalue weighted by molar-refractivity contribution is 0.344. The maximum absolute atomic E-state index is 12.8. The standard InChI is InChI=1S/C17H21N5O4S/c1-11-7-13-14(26-17(23)20-13)8-15(11)27(24,25)19-9-16-21-18-10-22(16)12-5-3-2-4-6-12/h7-8,10,12,19H,2-6,9H2,1H3,(H,20,23). The average Bonchev–Trinajstić information content (AvgIpc) is 3.25. The summed E-state index contributed by atoms with van der Waals surface area (Å²) in [7, 11) is -3.80. The van der Waals surface area contributed by atoms with Gasteiger partial charge in [-0.1, -0.05) is 19.3 Å². The molecule has 0 atom stereocenters. The molecule has 10 heteroatoms. The molecule has 1 fully saturated rings. The highest BCUT2D eigenvalue weighted by molar-refractivity contribution is 7.89. The van der Waals surface area contributed by atoms with Crippen molar-refractivity contribution in [3.05, 3.63) is 40.4 Å². The lowest BCUT2D eigenvalue weighted by Crippen LogP contribution is -2.26. The zero-order chi connectivity index (χ0) is 19.0. The molecule has 1 aromatic carbocycles. The molecule has 1 aliphatic rings. The molecule has 0 amide bonds. The number of aromatic nitrogens is 4. The van der Waals surface area contributed by atoms with E-state index in [1.165, 1.54) is 12.5 Å². The zero-order valence-corrected chi connectivity index (χ0v) is 15.8. The maximum atomic E-state index is 12.8. The third-order valence-electron chi connectivity index (χ3n) is 5.04. The Hall–Kier alpha value is -2.46. The summed E-state index contributed by atoms with van der Waals surface area (Å²) < 4.78 is 35.1. The van der Waals surface area contributed by atoms with Gasteiger partial charge in [0, 0.05) is 12.1 Å². The van der Waals surface area contributed by atoms with Crippen molar-refractivity contribution in [1.29, 1.82) is 0 Å². The van der Waals surface area contributed by atoms with E-state index in [0.29, 0.717) is 22.9 Å². The van der Waals surface area contributed by atoms with Crippen molar-refractivity contribution in [2.24, 2.45) is 0 Å². The van der Waals surface area contributed by atoms with Gasteiger partial charge in [0.15, 0.2) is 5.58 Å². The highest BCUT2D eigenvalue weighted by Gasteiger charge is 2.22. The molecule has 2 aromatic heterocycles. The van der Waals surface area contributed by atoms with Crippen molar-refractivity contribution < 1.29 is 12.8 Å². The number of hydrogen-bond acceptors (Lipinski definition) is 6. The Morgan fingerprint density at radius 3 is 2.85 bits per heavy atom. The summed E-state index contributed by atoms with van der Waals surface area (Å²) in [6, 6.07) is 3.26. The number of aryl methyl sites for hydroxylation is 1. The molecular weight excluding hydrogens is 370 g/mol. The van der Waals surface area contributed by atoms with Crippen molar-refractivity contribution in [2.45, 2.75) is 56.5 Å². The van der Waals surface area contributed by atoms with Crippen LogP contribution >= 0.6 is 0 Å². The van der Waals surface area contributed by atoms with Gasteiger partial charge in [0.1, 0.15) is 12.2 Å². The van der Waals surface area contributed by atoms with E-state index in [-0.39, 0.29) is 17.0 Å². The minimum Gasteiger partial charge on any atom is -0.408 e. The van der Waals surface area contributed by atoms with Crippen molar-refractivity contribution in [1.82, 2.24) is 24.5 Å². The molecule has 0 saturated heterocycles. The number of H-pyrrole nitrogens is 1. The van der Waals surface area contributed by atoms with E-state index >= 15 is 0 Å². The summed E-state index contributed by atoms with van der Waals surface area (Å²) in [6.07, 6.45) is 7.34. The van der Waals surface area contributed by atoms with Crippen LogP contribution < -0.4 is 10.5 Å². The summed E-state index contributed by atoms with van der Waals surface area (Å²) in [5.41, 5.74) is 1.19. The Balaban J connectivity index is 1.57. The number of oxazole rings is 1. The Labute approximate surface area is 155 Å². The molecule has 9 nitrogen and oxygen atoms in total. The van der Waals surface area contributed by atoms with E-state index in [1.54, 1.807) is 19.3 Å². The van der Waals surface area contributed by atoms with Gasteiger partial charge in [0.25, 0.3) is 0 Å². The Bertz CT molecular complexity index is 1120. The van der Waals surface area contributed by atoms with Crippen LogP contribution in [0, 0.1) is 6.92 Å². The SMILES string of the molecule is Cc1cc2[nH]c(=O)oc2cc1S(=O)(=O)NCc1nncn1C1CCCCC1. The van der Waals surface area contributed by atoms with Crippen LogP contribution in [0.2, 0.25) is 0 Å². The summed E-state index contributed by atoms with van der Waals surface area (Å²) >= 11 is 0. The Kier molecular flexibility index (Phi) is 4.60. The smallest absolute Gasteiger partial charge is 0.408 e. The van der Waals surface area contributed by atoms with E-state index in [9.17, 15) is 13.2 Å². The summed E-state index contributed by atoms with van der Waals surface area (Å²) in [5.74, 6) is -0.0233. The van der Waals surface area contributed by atoms with E-state index in [4.69, 9.17) is 4.42 Å². The number of sulfonamides is 1. The molecular formula is C17H21N5O4S. The lowest BCUT2D eigenvalue weighted by Gasteiger charge is -2.24. The number of rotatable bonds is 5. The van der Waals surface area contributed by atoms with Gasteiger partial charge in [-0.3, -0.25) is 4.98 Å². The van der Waals surface area contributed by atoms with Crippen LogP contribution in [0.15, 0.2) is 32.6 Å². The average molecular weight is 391 g/mol. The van der Waals surface area contributed by atoms with Crippen LogP contribution in [-0.2, 0) is 16.6 Å². The predicted octanol–water partition coefficient (Wildman–Crippen LogP) is 2.00. The van der Waals surface area contributed by atoms with Crippen molar-refractivity contribution >= 4 is 21.1 Å². The van der Waals surface area contributed by atoms with Crippen LogP contribution in [0.1, 0.15) is 49.5 Å². The van der Waals surface area contributed by atoms with Crippen LogP contribution in [-0.4, -0.2) is 28.2 Å². The van der Waals surface area contributed by atoms with Gasteiger partial charge in [-0.25, -0.2) is 17.9 Å². The zero-order valence-electron chi connectivity index (χ0n) is 14.9. The van der Waals surface area contributed by atoms with Gasteiger partial charge >= 0.3 is 5.76 Å². The molecule has 144 valence electrons. The Morgan fingerprint density at radius 1 is 1.30 bits per heavy atom. The van der Waals surface area contributed by atoms with Crippen LogP contribution in [0.4, 0.5) is 0 Å². The fourth-order valence-electron chi connectivity index (χ4n) is 3.67. The van der Waals surface area contributed by atoms with Gasteiger partial charge in [-0.2, -0.15) is 0 Å². The first kappa shape index (κ1) is 17.9. The van der Waals surface area contributed by atoms with Gasteiger partial charge in [-0.05, 0) is 31.4 Å². The molecule has 2 N–H and O–H groups in total. The first-order valence-corrected chi connectivity index (χ1v) is 10.4. The highest BCUT2D eigenvalue weighted by atomic mass is 32.2. The first-order chi connectivity index (χ1) is 12.9. The van der Waals surface area contributed by atoms with Crippen LogP contribution in [0.3, 0.4) is 0 Å². The van der Waals surface area contributed by atoms with Crippen molar-refractivity contribution in [3.8, 4) is 0 Å². The molecule has 0 aliphatic heterocycles. The molecule has 1 saturated carbocycles. The molecule has 4 rings (SSSR count). The summed E-state index contributed by atoms with van der Waals surface area (Å²) in [6.45, 7) is 1.72. The first-order valence-electron chi connectivity index (χ1n) is 8.95. The minimum absolute atomic E-state index is 0.0490. The lowest BCUT2D eigenvalue weighted by atomic mass is 9.95. The maximum Gasteiger partial charge on any atom is 0.417 e. The quantitative estimate of drug-likeness (QED) is 0.686. The van der Waals surface area contributed by atoms with E-state index in [1.807, 2.05) is 4.57 Å². The van der Waals surface area contributed by atoms with Crippen LogP contribution in [0.25, 0.3) is 11.1 Å². The van der Waals surface area contributed by atoms with Gasteiger partial charge in [-0.15, -0.1) is 10.2 Å². The number of aromatic amines is 1. The second-order valence-electron chi connectivity index (χ2n) is 6.90. The largest absolute Gasteiger partial charge is 0.417 e. The topological polar surface area (TPSA) is 123 Å². The third-order valence-corrected chi connectivity index (χ3v) is 6.58. The number of benzene rings is 1. The molecule has 0 spiro atoms. The monoisotopic (exact) mass is 391 g/mol. The summed E-state index contributed by atoms with van der Waals surface area (Å²) in [4.78, 5) is 13.9. The van der Waals surface area contributed by atoms with Crippen molar-refractivity contribution in [3.63, 3.8) is 0 Å². The number of nitrogens with one attached hydrogen (secondary N) is 2. The van der Waals surface area contributed by atoms with E-state index < -0.39 is 15.8 Å². The number of nitrogens with zero attached hydrogens (tertiary/aromatic N) is 3. The fraction of sp³-hybridized carbons (Fsp3) is 0.471. The fourth-order valence-corrected chi connectivity index (χ4v) is 4.89. The molecule has 1 aliphatic carbocycles. The molecule has 0 bridgehead atoms. The third kappa shape index (κ3) is 3.54. The number of fused-ring (bicyclic) bond motifs is 1. The second kappa shape index (κ2) is 6.93.